The number of amides is 1. The molecule has 7 heteroatoms. The lowest BCUT2D eigenvalue weighted by Crippen LogP contribution is -2.37. The zero-order valence-corrected chi connectivity index (χ0v) is 18.1. The highest BCUT2D eigenvalue weighted by molar-refractivity contribution is 8.00. The van der Waals surface area contributed by atoms with E-state index >= 15 is 0 Å². The fraction of sp³-hybridized carbons (Fsp3) is 0.348. The van der Waals surface area contributed by atoms with Gasteiger partial charge >= 0.3 is 5.97 Å². The van der Waals surface area contributed by atoms with Crippen LogP contribution >= 0.6 is 11.8 Å². The number of carbonyl (C=O) groups is 3. The summed E-state index contributed by atoms with van der Waals surface area (Å²) in [6, 6.07) is 16.7. The van der Waals surface area contributed by atoms with E-state index in [1.807, 2.05) is 30.3 Å². The fourth-order valence-electron chi connectivity index (χ4n) is 2.82. The number of benzene rings is 2. The third-order valence-electron chi connectivity index (χ3n) is 4.35. The predicted octanol–water partition coefficient (Wildman–Crippen LogP) is 3.15. The molecule has 0 aliphatic rings. The monoisotopic (exact) mass is 429 g/mol. The van der Waals surface area contributed by atoms with Crippen LogP contribution in [0.2, 0.25) is 0 Å². The van der Waals surface area contributed by atoms with Crippen molar-refractivity contribution in [2.45, 2.75) is 13.3 Å². The van der Waals surface area contributed by atoms with Gasteiger partial charge < -0.3 is 14.8 Å². The number of ether oxygens (including phenoxy) is 2. The van der Waals surface area contributed by atoms with Crippen LogP contribution in [-0.4, -0.2) is 49.4 Å². The highest BCUT2D eigenvalue weighted by Crippen LogP contribution is 2.18. The molecule has 1 N–H and O–H groups in total. The van der Waals surface area contributed by atoms with E-state index in [4.69, 9.17) is 9.47 Å². The Kier molecular flexibility index (Phi) is 9.94. The Morgan fingerprint density at radius 2 is 1.83 bits per heavy atom. The third kappa shape index (κ3) is 7.91. The minimum Gasteiger partial charge on any atom is -0.497 e. The van der Waals surface area contributed by atoms with Gasteiger partial charge in [0.1, 0.15) is 12.3 Å². The normalized spacial score (nSPS) is 11.4. The van der Waals surface area contributed by atoms with Crippen molar-refractivity contribution in [3.63, 3.8) is 0 Å². The van der Waals surface area contributed by atoms with Crippen LogP contribution in [0.5, 0.6) is 5.75 Å². The first-order valence-electron chi connectivity index (χ1n) is 9.75. The average molecular weight is 430 g/mol. The van der Waals surface area contributed by atoms with Gasteiger partial charge in [0.05, 0.1) is 25.4 Å². The van der Waals surface area contributed by atoms with Crippen molar-refractivity contribution in [3.8, 4) is 5.75 Å². The van der Waals surface area contributed by atoms with Gasteiger partial charge in [-0.1, -0.05) is 42.5 Å². The maximum Gasteiger partial charge on any atom is 0.325 e. The first kappa shape index (κ1) is 23.5. The zero-order chi connectivity index (χ0) is 21.8. The molecule has 1 atom stereocenters. The number of rotatable bonds is 12. The molecule has 0 saturated heterocycles. The van der Waals surface area contributed by atoms with Gasteiger partial charge in [-0.15, -0.1) is 0 Å². The summed E-state index contributed by atoms with van der Waals surface area (Å²) >= 11 is 1.40. The number of hydrogen-bond acceptors (Lipinski definition) is 6. The molecule has 2 aromatic carbocycles. The second-order valence-corrected chi connectivity index (χ2v) is 7.61. The Bertz CT molecular complexity index is 840. The standard InChI is InChI=1S/C23H27NO5S/c1-3-29-22(26)14-24-23(27)19(12-17-8-5-4-6-9-17)15-30-16-21(25)18-10-7-11-20(13-18)28-2/h4-11,13,19H,3,12,14-16H2,1-2H3,(H,24,27)/t19-/m1/s1. The van der Waals surface area contributed by atoms with Crippen LogP contribution in [-0.2, 0) is 20.7 Å². The topological polar surface area (TPSA) is 81.7 Å². The van der Waals surface area contributed by atoms with Crippen LogP contribution in [0.4, 0.5) is 0 Å². The molecule has 30 heavy (non-hydrogen) atoms. The van der Waals surface area contributed by atoms with Gasteiger partial charge in [-0.05, 0) is 31.0 Å². The molecule has 0 radical (unpaired) electrons. The van der Waals surface area contributed by atoms with Gasteiger partial charge in [0.2, 0.25) is 5.91 Å². The summed E-state index contributed by atoms with van der Waals surface area (Å²) in [5.74, 6) is 0.252. The molecule has 0 heterocycles. The van der Waals surface area contributed by atoms with Crippen LogP contribution in [0.1, 0.15) is 22.8 Å². The Balaban J connectivity index is 1.95. The largest absolute Gasteiger partial charge is 0.497 e. The van der Waals surface area contributed by atoms with Crippen molar-refractivity contribution in [2.75, 3.05) is 31.8 Å². The summed E-state index contributed by atoms with van der Waals surface area (Å²) in [7, 11) is 1.56. The molecule has 0 spiro atoms. The fourth-order valence-corrected chi connectivity index (χ4v) is 3.84. The maximum absolute atomic E-state index is 12.7. The van der Waals surface area contributed by atoms with Gasteiger partial charge in [-0.2, -0.15) is 11.8 Å². The van der Waals surface area contributed by atoms with E-state index in [1.54, 1.807) is 38.3 Å². The average Bonchev–Trinajstić information content (AvgIpc) is 2.77. The molecule has 1 amide bonds. The first-order chi connectivity index (χ1) is 14.5. The Morgan fingerprint density at radius 1 is 1.07 bits per heavy atom. The van der Waals surface area contributed by atoms with Crippen LogP contribution < -0.4 is 10.1 Å². The highest BCUT2D eigenvalue weighted by atomic mass is 32.2. The molecule has 0 fully saturated rings. The minimum absolute atomic E-state index is 0.0238. The first-order valence-corrected chi connectivity index (χ1v) is 10.9. The number of esters is 1. The molecule has 0 aliphatic heterocycles. The second-order valence-electron chi connectivity index (χ2n) is 6.58. The van der Waals surface area contributed by atoms with Crippen LogP contribution in [0.15, 0.2) is 54.6 Å². The molecule has 0 saturated carbocycles. The zero-order valence-electron chi connectivity index (χ0n) is 17.3. The van der Waals surface area contributed by atoms with E-state index < -0.39 is 5.97 Å². The molecule has 160 valence electrons. The lowest BCUT2D eigenvalue weighted by molar-refractivity contribution is -0.143. The van der Waals surface area contributed by atoms with Gasteiger partial charge in [0.25, 0.3) is 0 Å². The molecule has 2 aromatic rings. The summed E-state index contributed by atoms with van der Waals surface area (Å²) in [6.07, 6.45) is 0.524. The predicted molar refractivity (Wildman–Crippen MR) is 118 cm³/mol. The smallest absolute Gasteiger partial charge is 0.325 e. The van der Waals surface area contributed by atoms with Crippen molar-refractivity contribution in [1.82, 2.24) is 5.32 Å². The maximum atomic E-state index is 12.7. The molecular weight excluding hydrogens is 402 g/mol. The summed E-state index contributed by atoms with van der Waals surface area (Å²) in [5.41, 5.74) is 1.60. The van der Waals surface area contributed by atoms with Crippen molar-refractivity contribution in [2.24, 2.45) is 5.92 Å². The molecule has 0 aromatic heterocycles. The van der Waals surface area contributed by atoms with E-state index in [9.17, 15) is 14.4 Å². The van der Waals surface area contributed by atoms with Gasteiger partial charge in [0, 0.05) is 11.3 Å². The van der Waals surface area contributed by atoms with Crippen LogP contribution in [0, 0.1) is 5.92 Å². The third-order valence-corrected chi connectivity index (χ3v) is 5.46. The molecule has 0 unspecified atom stereocenters. The Labute approximate surface area is 181 Å². The summed E-state index contributed by atoms with van der Waals surface area (Å²) in [5, 5.41) is 2.64. The number of thioether (sulfide) groups is 1. The Morgan fingerprint density at radius 3 is 2.53 bits per heavy atom. The number of carbonyl (C=O) groups excluding carboxylic acids is 3. The van der Waals surface area contributed by atoms with Crippen LogP contribution in [0.3, 0.4) is 0 Å². The number of ketones is 1. The lowest BCUT2D eigenvalue weighted by atomic mass is 10.0. The lowest BCUT2D eigenvalue weighted by Gasteiger charge is -2.16. The second kappa shape index (κ2) is 12.7. The van der Waals surface area contributed by atoms with E-state index in [2.05, 4.69) is 5.32 Å². The summed E-state index contributed by atoms with van der Waals surface area (Å²) < 4.78 is 10.0. The Hall–Kier alpha value is -2.80. The summed E-state index contributed by atoms with van der Waals surface area (Å²) in [4.78, 5) is 36.7. The number of nitrogens with one attached hydrogen (secondary N) is 1. The van der Waals surface area contributed by atoms with Crippen LogP contribution in [0.25, 0.3) is 0 Å². The van der Waals surface area contributed by atoms with Gasteiger partial charge in [-0.3, -0.25) is 14.4 Å². The van der Waals surface area contributed by atoms with Crippen molar-refractivity contribution in [3.05, 3.63) is 65.7 Å². The number of methoxy groups -OCH3 is 1. The number of Topliss-reactive ketones (excluding diaryl/α,β-unsaturated/α-hetero) is 1. The molecule has 0 bridgehead atoms. The number of hydrogen-bond donors (Lipinski definition) is 1. The molecular formula is C23H27NO5S. The van der Waals surface area contributed by atoms with Crippen molar-refractivity contribution < 1.29 is 23.9 Å². The van der Waals surface area contributed by atoms with E-state index in [0.717, 1.165) is 5.56 Å². The van der Waals surface area contributed by atoms with Gasteiger partial charge in [0.15, 0.2) is 5.78 Å². The SMILES string of the molecule is CCOC(=O)CNC(=O)[C@@H](CSCC(=O)c1cccc(OC)c1)Cc1ccccc1. The molecule has 6 nitrogen and oxygen atoms in total. The molecule has 2 rings (SSSR count). The van der Waals surface area contributed by atoms with Gasteiger partial charge in [-0.25, -0.2) is 0 Å². The minimum atomic E-state index is -0.467. The van der Waals surface area contributed by atoms with Crippen molar-refractivity contribution >= 4 is 29.4 Å². The summed E-state index contributed by atoms with van der Waals surface area (Å²) in [6.45, 7) is 1.82. The molecule has 0 aliphatic carbocycles. The highest BCUT2D eigenvalue weighted by Gasteiger charge is 2.21. The van der Waals surface area contributed by atoms with E-state index in [1.165, 1.54) is 11.8 Å². The van der Waals surface area contributed by atoms with E-state index in [0.29, 0.717) is 23.5 Å². The van der Waals surface area contributed by atoms with E-state index in [-0.39, 0.29) is 36.5 Å². The quantitative estimate of drug-likeness (QED) is 0.412. The van der Waals surface area contributed by atoms with Crippen molar-refractivity contribution in [1.29, 1.82) is 0 Å².